The lowest BCUT2D eigenvalue weighted by atomic mass is 10.2. The van der Waals surface area contributed by atoms with Crippen LogP contribution in [-0.2, 0) is 0 Å². The van der Waals surface area contributed by atoms with Gasteiger partial charge in [0.05, 0.1) is 5.52 Å². The van der Waals surface area contributed by atoms with Crippen molar-refractivity contribution in [2.45, 2.75) is 18.8 Å². The molecule has 0 atom stereocenters. The van der Waals surface area contributed by atoms with E-state index in [-0.39, 0.29) is 5.15 Å². The molecule has 0 radical (unpaired) electrons. The summed E-state index contributed by atoms with van der Waals surface area (Å²) < 4.78 is 26.1. The van der Waals surface area contributed by atoms with Gasteiger partial charge in [-0.1, -0.05) is 11.6 Å². The van der Waals surface area contributed by atoms with Crippen LogP contribution in [-0.4, -0.2) is 9.97 Å². The molecule has 3 rings (SSSR count). The monoisotopic (exact) mass is 240 g/mol. The third-order valence-corrected chi connectivity index (χ3v) is 2.94. The highest BCUT2D eigenvalue weighted by Crippen LogP contribution is 2.39. The van der Waals surface area contributed by atoms with Crippen molar-refractivity contribution >= 4 is 22.5 Å². The summed E-state index contributed by atoms with van der Waals surface area (Å²) >= 11 is 5.92. The molecule has 0 spiro atoms. The second-order valence-corrected chi connectivity index (χ2v) is 4.29. The molecular weight excluding hydrogens is 234 g/mol. The van der Waals surface area contributed by atoms with Crippen molar-refractivity contribution in [3.63, 3.8) is 0 Å². The van der Waals surface area contributed by atoms with E-state index >= 15 is 0 Å². The number of nitrogens with zero attached hydrogens (tertiary/aromatic N) is 2. The van der Waals surface area contributed by atoms with E-state index in [2.05, 4.69) is 9.97 Å². The van der Waals surface area contributed by atoms with E-state index in [0.29, 0.717) is 22.6 Å². The minimum atomic E-state index is -0.933. The van der Waals surface area contributed by atoms with Crippen LogP contribution in [0.5, 0.6) is 0 Å². The van der Waals surface area contributed by atoms with Crippen molar-refractivity contribution in [2.75, 3.05) is 0 Å². The number of hydrogen-bond acceptors (Lipinski definition) is 2. The molecule has 0 bridgehead atoms. The van der Waals surface area contributed by atoms with Gasteiger partial charge in [0.1, 0.15) is 11.0 Å². The molecule has 0 aliphatic heterocycles. The highest BCUT2D eigenvalue weighted by atomic mass is 35.5. The molecule has 2 nitrogen and oxygen atoms in total. The smallest absolute Gasteiger partial charge is 0.161 e. The average Bonchev–Trinajstić information content (AvgIpc) is 3.04. The van der Waals surface area contributed by atoms with Crippen molar-refractivity contribution in [1.82, 2.24) is 9.97 Å². The van der Waals surface area contributed by atoms with Crippen LogP contribution in [0.1, 0.15) is 24.6 Å². The molecule has 1 fully saturated rings. The number of rotatable bonds is 1. The van der Waals surface area contributed by atoms with Crippen LogP contribution >= 0.6 is 11.6 Å². The molecule has 1 saturated carbocycles. The standard InChI is InChI=1S/C11H7ClF2N2/c12-10-6-3-7(13)8(14)4-9(6)15-11(16-10)5-1-2-5/h3-5H,1-2H2. The lowest BCUT2D eigenvalue weighted by molar-refractivity contribution is 0.510. The second kappa shape index (κ2) is 3.35. The van der Waals surface area contributed by atoms with Gasteiger partial charge in [0.15, 0.2) is 11.6 Å². The van der Waals surface area contributed by atoms with Gasteiger partial charge in [0, 0.05) is 17.4 Å². The third-order valence-electron chi connectivity index (χ3n) is 2.65. The van der Waals surface area contributed by atoms with E-state index in [9.17, 15) is 8.78 Å². The molecule has 0 saturated heterocycles. The van der Waals surface area contributed by atoms with Gasteiger partial charge in [0.2, 0.25) is 0 Å². The van der Waals surface area contributed by atoms with Gasteiger partial charge in [-0.05, 0) is 18.9 Å². The molecule has 82 valence electrons. The van der Waals surface area contributed by atoms with E-state index < -0.39 is 11.6 Å². The summed E-state index contributed by atoms with van der Waals surface area (Å²) in [6.07, 6.45) is 2.07. The van der Waals surface area contributed by atoms with Crippen molar-refractivity contribution < 1.29 is 8.78 Å². The van der Waals surface area contributed by atoms with Crippen LogP contribution in [0, 0.1) is 11.6 Å². The molecule has 2 aromatic rings. The first-order valence-corrected chi connectivity index (χ1v) is 5.35. The highest BCUT2D eigenvalue weighted by Gasteiger charge is 2.27. The Kier molecular flexibility index (Phi) is 2.07. The maximum Gasteiger partial charge on any atom is 0.161 e. The quantitative estimate of drug-likeness (QED) is 0.714. The Morgan fingerprint density at radius 3 is 2.50 bits per heavy atom. The van der Waals surface area contributed by atoms with E-state index in [1.165, 1.54) is 0 Å². The van der Waals surface area contributed by atoms with E-state index in [1.807, 2.05) is 0 Å². The lowest BCUT2D eigenvalue weighted by Crippen LogP contribution is -1.96. The summed E-state index contributed by atoms with van der Waals surface area (Å²) in [5.74, 6) is -0.889. The van der Waals surface area contributed by atoms with Crippen LogP contribution in [0.4, 0.5) is 8.78 Å². The minimum Gasteiger partial charge on any atom is -0.232 e. The maximum absolute atomic E-state index is 13.1. The van der Waals surface area contributed by atoms with E-state index in [1.54, 1.807) is 0 Å². The zero-order valence-corrected chi connectivity index (χ0v) is 8.93. The summed E-state index contributed by atoms with van der Waals surface area (Å²) in [4.78, 5) is 8.30. The van der Waals surface area contributed by atoms with Crippen molar-refractivity contribution in [3.8, 4) is 0 Å². The number of benzene rings is 1. The first-order valence-electron chi connectivity index (χ1n) is 4.97. The van der Waals surface area contributed by atoms with Gasteiger partial charge in [-0.25, -0.2) is 18.7 Å². The Hall–Kier alpha value is -1.29. The average molecular weight is 241 g/mol. The number of fused-ring (bicyclic) bond motifs is 1. The number of aromatic nitrogens is 2. The Labute approximate surface area is 95.3 Å². The predicted octanol–water partition coefficient (Wildman–Crippen LogP) is 3.44. The molecule has 1 heterocycles. The summed E-state index contributed by atoms with van der Waals surface area (Å²) in [6.45, 7) is 0. The first-order chi connectivity index (χ1) is 7.65. The van der Waals surface area contributed by atoms with Crippen molar-refractivity contribution in [1.29, 1.82) is 0 Å². The fourth-order valence-electron chi connectivity index (χ4n) is 1.63. The molecule has 1 aliphatic carbocycles. The molecule has 1 aliphatic rings. The Morgan fingerprint density at radius 2 is 1.81 bits per heavy atom. The summed E-state index contributed by atoms with van der Waals surface area (Å²) in [6, 6.07) is 2.09. The molecule has 1 aromatic heterocycles. The fourth-order valence-corrected chi connectivity index (χ4v) is 1.87. The SMILES string of the molecule is Fc1cc2nc(C3CC3)nc(Cl)c2cc1F. The predicted molar refractivity (Wildman–Crippen MR) is 56.4 cm³/mol. The first kappa shape index (κ1) is 9.90. The fraction of sp³-hybridized carbons (Fsp3) is 0.273. The largest absolute Gasteiger partial charge is 0.232 e. The van der Waals surface area contributed by atoms with Crippen LogP contribution in [0.2, 0.25) is 5.15 Å². The summed E-state index contributed by atoms with van der Waals surface area (Å²) in [5, 5.41) is 0.538. The topological polar surface area (TPSA) is 25.8 Å². The highest BCUT2D eigenvalue weighted by molar-refractivity contribution is 6.34. The van der Waals surface area contributed by atoms with Gasteiger partial charge in [-0.15, -0.1) is 0 Å². The van der Waals surface area contributed by atoms with Crippen LogP contribution in [0.25, 0.3) is 10.9 Å². The van der Waals surface area contributed by atoms with E-state index in [4.69, 9.17) is 11.6 Å². The van der Waals surface area contributed by atoms with Gasteiger partial charge >= 0.3 is 0 Å². The Morgan fingerprint density at radius 1 is 1.12 bits per heavy atom. The zero-order chi connectivity index (χ0) is 11.3. The lowest BCUT2D eigenvalue weighted by Gasteiger charge is -2.03. The second-order valence-electron chi connectivity index (χ2n) is 3.93. The van der Waals surface area contributed by atoms with Crippen LogP contribution < -0.4 is 0 Å². The minimum absolute atomic E-state index is 0.186. The molecule has 0 unspecified atom stereocenters. The van der Waals surface area contributed by atoms with E-state index in [0.717, 1.165) is 25.0 Å². The zero-order valence-electron chi connectivity index (χ0n) is 8.17. The number of hydrogen-bond donors (Lipinski definition) is 0. The molecule has 0 N–H and O–H groups in total. The van der Waals surface area contributed by atoms with Crippen molar-refractivity contribution in [3.05, 3.63) is 34.7 Å². The number of halogens is 3. The third kappa shape index (κ3) is 1.53. The van der Waals surface area contributed by atoms with Crippen LogP contribution in [0.3, 0.4) is 0 Å². The van der Waals surface area contributed by atoms with Crippen LogP contribution in [0.15, 0.2) is 12.1 Å². The molecule has 16 heavy (non-hydrogen) atoms. The van der Waals surface area contributed by atoms with Gasteiger partial charge in [0.25, 0.3) is 0 Å². The summed E-state index contributed by atoms with van der Waals surface area (Å²) in [7, 11) is 0. The Bertz CT molecular complexity index is 582. The Balaban J connectivity index is 2.28. The molecule has 5 heteroatoms. The molecular formula is C11H7ClF2N2. The molecule has 0 amide bonds. The normalized spacial score (nSPS) is 15.7. The van der Waals surface area contributed by atoms with Gasteiger partial charge < -0.3 is 0 Å². The maximum atomic E-state index is 13.1. The van der Waals surface area contributed by atoms with Crippen molar-refractivity contribution in [2.24, 2.45) is 0 Å². The van der Waals surface area contributed by atoms with Gasteiger partial charge in [-0.3, -0.25) is 0 Å². The van der Waals surface area contributed by atoms with Gasteiger partial charge in [-0.2, -0.15) is 0 Å². The summed E-state index contributed by atoms with van der Waals surface area (Å²) in [5.41, 5.74) is 0.362. The molecule has 1 aromatic carbocycles.